The van der Waals surface area contributed by atoms with Crippen molar-refractivity contribution >= 4 is 40.5 Å². The number of carbonyl (C=O) groups excluding carboxylic acids is 4. The van der Waals surface area contributed by atoms with Crippen molar-refractivity contribution in [3.05, 3.63) is 30.0 Å². The first-order valence-corrected chi connectivity index (χ1v) is 17.9. The first kappa shape index (κ1) is 36.6. The lowest BCUT2D eigenvalue weighted by Crippen LogP contribution is -2.50. The molecule has 3 N–H and O–H groups in total. The van der Waals surface area contributed by atoms with Crippen molar-refractivity contribution in [2.75, 3.05) is 32.3 Å². The Morgan fingerprint density at radius 3 is 2.35 bits per heavy atom. The van der Waals surface area contributed by atoms with Gasteiger partial charge in [0, 0.05) is 36.2 Å². The summed E-state index contributed by atoms with van der Waals surface area (Å²) in [6.45, 7) is 7.11. The number of aromatic nitrogens is 1. The van der Waals surface area contributed by atoms with E-state index in [0.717, 1.165) is 43.0 Å². The number of nitrogens with zero attached hydrogens (tertiary/aromatic N) is 1. The van der Waals surface area contributed by atoms with E-state index in [4.69, 9.17) is 14.2 Å². The van der Waals surface area contributed by atoms with Crippen LogP contribution in [0.15, 0.2) is 24.3 Å². The number of anilines is 1. The number of alkyl halides is 1. The molecule has 2 aliphatic carbocycles. The van der Waals surface area contributed by atoms with Gasteiger partial charge in [-0.15, -0.1) is 0 Å². The summed E-state index contributed by atoms with van der Waals surface area (Å²) in [4.78, 5) is 57.8. The number of esters is 1. The van der Waals surface area contributed by atoms with E-state index in [9.17, 15) is 23.6 Å². The molecule has 270 valence electrons. The Morgan fingerprint density at radius 2 is 1.71 bits per heavy atom. The Morgan fingerprint density at radius 1 is 1.00 bits per heavy atom. The highest BCUT2D eigenvalue weighted by atomic mass is 19.1. The van der Waals surface area contributed by atoms with Crippen LogP contribution in [0.5, 0.6) is 0 Å². The fourth-order valence-electron chi connectivity index (χ4n) is 8.14. The first-order valence-electron chi connectivity index (χ1n) is 17.9. The van der Waals surface area contributed by atoms with Gasteiger partial charge in [0.1, 0.15) is 24.0 Å². The molecule has 2 aromatic rings. The average molecular weight is 685 g/mol. The molecule has 12 heteroatoms. The maximum atomic E-state index is 14.2. The molecule has 49 heavy (non-hydrogen) atoms. The molecule has 1 aliphatic heterocycles. The van der Waals surface area contributed by atoms with Gasteiger partial charge in [-0.25, -0.2) is 14.0 Å². The molecule has 0 radical (unpaired) electrons. The SMILES string of the molecule is CCOC(=O)c1cc2cc(NC(=O)[C@@H]3[C@H](C4CCC(OC)CC4)CCN3C(=O)[C@H]3CC[C@H]([C@H](CF)NC(=O)OC(C)(C)C)CC3)ccc2[nH]1. The Kier molecular flexibility index (Phi) is 11.9. The van der Waals surface area contributed by atoms with E-state index in [-0.39, 0.29) is 42.3 Å². The normalized spacial score (nSPS) is 26.6. The number of benzene rings is 1. The highest BCUT2D eigenvalue weighted by molar-refractivity contribution is 6.01. The number of ether oxygens (including phenoxy) is 3. The molecule has 0 spiro atoms. The predicted octanol–water partition coefficient (Wildman–Crippen LogP) is 6.37. The van der Waals surface area contributed by atoms with Gasteiger partial charge in [-0.2, -0.15) is 0 Å². The van der Waals surface area contributed by atoms with Crippen LogP contribution in [0.3, 0.4) is 0 Å². The lowest BCUT2D eigenvalue weighted by molar-refractivity contribution is -0.142. The topological polar surface area (TPSA) is 139 Å². The monoisotopic (exact) mass is 684 g/mol. The third kappa shape index (κ3) is 8.93. The number of aromatic amines is 1. The quantitative estimate of drug-likeness (QED) is 0.247. The van der Waals surface area contributed by atoms with Crippen LogP contribution in [0.2, 0.25) is 0 Å². The number of carbonyl (C=O) groups is 4. The van der Waals surface area contributed by atoms with Gasteiger partial charge >= 0.3 is 12.1 Å². The van der Waals surface area contributed by atoms with Crippen molar-refractivity contribution in [1.82, 2.24) is 15.2 Å². The van der Waals surface area contributed by atoms with Gasteiger partial charge in [-0.3, -0.25) is 9.59 Å². The van der Waals surface area contributed by atoms with Crippen LogP contribution < -0.4 is 10.6 Å². The number of likely N-dealkylation sites (tertiary alicyclic amines) is 1. The van der Waals surface area contributed by atoms with Gasteiger partial charge in [0.15, 0.2) is 0 Å². The Labute approximate surface area is 288 Å². The first-order chi connectivity index (χ1) is 23.4. The molecule has 3 aliphatic rings. The molecule has 5 rings (SSSR count). The Balaban J connectivity index is 1.28. The summed E-state index contributed by atoms with van der Waals surface area (Å²) in [7, 11) is 1.74. The van der Waals surface area contributed by atoms with E-state index in [2.05, 4.69) is 15.6 Å². The molecule has 3 amide bonds. The Bertz CT molecular complexity index is 1470. The van der Waals surface area contributed by atoms with Crippen LogP contribution in [-0.2, 0) is 23.8 Å². The number of halogens is 1. The molecule has 1 aromatic heterocycles. The highest BCUT2D eigenvalue weighted by Gasteiger charge is 2.47. The number of rotatable bonds is 10. The van der Waals surface area contributed by atoms with Gasteiger partial charge in [-0.05, 0) is 128 Å². The van der Waals surface area contributed by atoms with Crippen LogP contribution in [0.25, 0.3) is 10.9 Å². The van der Waals surface area contributed by atoms with Crippen molar-refractivity contribution in [3.8, 4) is 0 Å². The number of hydrogen-bond acceptors (Lipinski definition) is 7. The lowest BCUT2D eigenvalue weighted by atomic mass is 9.75. The number of nitrogens with one attached hydrogen (secondary N) is 3. The molecule has 0 bridgehead atoms. The molecule has 3 fully saturated rings. The smallest absolute Gasteiger partial charge is 0.407 e. The summed E-state index contributed by atoms with van der Waals surface area (Å²) < 4.78 is 30.1. The molecular weight excluding hydrogens is 631 g/mol. The summed E-state index contributed by atoms with van der Waals surface area (Å²) in [5.41, 5.74) is 0.992. The second kappa shape index (κ2) is 15.9. The minimum absolute atomic E-state index is 0.0243. The molecule has 2 heterocycles. The third-order valence-electron chi connectivity index (χ3n) is 10.6. The molecule has 11 nitrogen and oxygen atoms in total. The number of methoxy groups -OCH3 is 1. The minimum atomic E-state index is -0.706. The van der Waals surface area contributed by atoms with Gasteiger partial charge in [0.05, 0.1) is 18.8 Å². The summed E-state index contributed by atoms with van der Waals surface area (Å²) in [6, 6.07) is 5.85. The summed E-state index contributed by atoms with van der Waals surface area (Å²) in [5, 5.41) is 6.55. The van der Waals surface area contributed by atoms with Crippen molar-refractivity contribution in [1.29, 1.82) is 0 Å². The van der Waals surface area contributed by atoms with Crippen molar-refractivity contribution in [2.45, 2.75) is 109 Å². The largest absolute Gasteiger partial charge is 0.461 e. The van der Waals surface area contributed by atoms with Crippen LogP contribution in [-0.4, -0.2) is 84.5 Å². The maximum absolute atomic E-state index is 14.2. The van der Waals surface area contributed by atoms with E-state index in [1.54, 1.807) is 51.8 Å². The Hall–Kier alpha value is -3.67. The number of H-pyrrole nitrogens is 1. The number of fused-ring (bicyclic) bond motifs is 1. The molecular formula is C37H53FN4O7. The molecule has 2 saturated carbocycles. The lowest BCUT2D eigenvalue weighted by Gasteiger charge is -2.38. The summed E-state index contributed by atoms with van der Waals surface area (Å²) in [6.07, 6.45) is 6.43. The number of alkyl carbamates (subject to hydrolysis) is 1. The van der Waals surface area contributed by atoms with E-state index < -0.39 is 36.4 Å². The standard InChI is InChI=1S/C37H53FN4O7/c1-6-48-35(45)30-20-25-19-26(13-16-29(25)40-30)39-33(43)32-28(22-11-14-27(47-5)15-12-22)17-18-42(32)34(44)24-9-7-23(8-10-24)31(21-38)41-36(46)49-37(2,3)4/h13,16,19-20,22-24,27-28,31-32,40H,6-12,14-15,17-18,21H2,1-5H3,(H,39,43)(H,41,46)/t22?,23-,24-,27?,28-,31-,32-/m0/s1. The average Bonchev–Trinajstić information content (AvgIpc) is 3.71. The zero-order chi connectivity index (χ0) is 35.3. The molecule has 0 unspecified atom stereocenters. The van der Waals surface area contributed by atoms with Gasteiger partial charge < -0.3 is 34.7 Å². The minimum Gasteiger partial charge on any atom is -0.461 e. The van der Waals surface area contributed by atoms with Crippen LogP contribution >= 0.6 is 0 Å². The number of amides is 3. The van der Waals surface area contributed by atoms with Gasteiger partial charge in [-0.1, -0.05) is 0 Å². The summed E-state index contributed by atoms with van der Waals surface area (Å²) in [5.74, 6) is -0.715. The van der Waals surface area contributed by atoms with E-state index in [0.29, 0.717) is 49.5 Å². The third-order valence-corrected chi connectivity index (χ3v) is 10.6. The van der Waals surface area contributed by atoms with Crippen molar-refractivity contribution in [3.63, 3.8) is 0 Å². The number of hydrogen-bond donors (Lipinski definition) is 3. The van der Waals surface area contributed by atoms with Crippen molar-refractivity contribution in [2.24, 2.45) is 23.7 Å². The molecule has 3 atom stereocenters. The second-order valence-corrected chi connectivity index (χ2v) is 14.9. The highest BCUT2D eigenvalue weighted by Crippen LogP contribution is 2.42. The van der Waals surface area contributed by atoms with Crippen molar-refractivity contribution < 1.29 is 37.8 Å². The molecule has 1 saturated heterocycles. The van der Waals surface area contributed by atoms with E-state index >= 15 is 0 Å². The van der Waals surface area contributed by atoms with E-state index in [1.165, 1.54) is 0 Å². The zero-order valence-electron chi connectivity index (χ0n) is 29.5. The maximum Gasteiger partial charge on any atom is 0.407 e. The second-order valence-electron chi connectivity index (χ2n) is 14.9. The van der Waals surface area contributed by atoms with Gasteiger partial charge in [0.2, 0.25) is 11.8 Å². The fraction of sp³-hybridized carbons (Fsp3) is 0.676. The van der Waals surface area contributed by atoms with E-state index in [1.807, 2.05) is 12.1 Å². The fourth-order valence-corrected chi connectivity index (χ4v) is 8.14. The van der Waals surface area contributed by atoms with Crippen LogP contribution in [0.1, 0.15) is 96.0 Å². The zero-order valence-corrected chi connectivity index (χ0v) is 29.5. The van der Waals surface area contributed by atoms with Gasteiger partial charge in [0.25, 0.3) is 0 Å². The summed E-state index contributed by atoms with van der Waals surface area (Å²) >= 11 is 0. The van der Waals surface area contributed by atoms with Crippen LogP contribution in [0.4, 0.5) is 14.9 Å². The molecule has 1 aromatic carbocycles. The van der Waals surface area contributed by atoms with Crippen LogP contribution in [0, 0.1) is 23.7 Å². The predicted molar refractivity (Wildman–Crippen MR) is 184 cm³/mol.